The van der Waals surface area contributed by atoms with E-state index in [-0.39, 0.29) is 13.0 Å². The van der Waals surface area contributed by atoms with E-state index in [4.69, 9.17) is 0 Å². The van der Waals surface area contributed by atoms with Gasteiger partial charge in [0.1, 0.15) is 5.82 Å². The number of nitrogens with one attached hydrogen (secondary N) is 1. The van der Waals surface area contributed by atoms with E-state index in [1.165, 1.54) is 0 Å². The fraction of sp³-hybridized carbons (Fsp3) is 0.400. The van der Waals surface area contributed by atoms with Crippen LogP contribution >= 0.6 is 0 Å². The number of alkyl halides is 3. The highest BCUT2D eigenvalue weighted by molar-refractivity contribution is 5.75. The van der Waals surface area contributed by atoms with E-state index < -0.39 is 12.1 Å². The van der Waals surface area contributed by atoms with Gasteiger partial charge in [0, 0.05) is 12.7 Å². The molecule has 4 nitrogen and oxygen atoms in total. The van der Waals surface area contributed by atoms with Crippen LogP contribution in [0.4, 0.5) is 19.0 Å². The van der Waals surface area contributed by atoms with Crippen LogP contribution in [0.5, 0.6) is 0 Å². The number of pyridine rings is 1. The lowest BCUT2D eigenvalue weighted by Gasteiger charge is -2.07. The van der Waals surface area contributed by atoms with Crippen molar-refractivity contribution < 1.29 is 22.7 Å². The predicted molar refractivity (Wildman–Crippen MR) is 54.4 cm³/mol. The third kappa shape index (κ3) is 5.19. The highest BCUT2D eigenvalue weighted by Gasteiger charge is 2.40. The van der Waals surface area contributed by atoms with Crippen molar-refractivity contribution in [2.24, 2.45) is 0 Å². The Morgan fingerprint density at radius 2 is 2.18 bits per heavy atom. The molecule has 0 fully saturated rings. The van der Waals surface area contributed by atoms with E-state index >= 15 is 0 Å². The molecule has 0 radical (unpaired) electrons. The van der Waals surface area contributed by atoms with Gasteiger partial charge in [-0.05, 0) is 18.6 Å². The van der Waals surface area contributed by atoms with Crippen molar-refractivity contribution >= 4 is 11.8 Å². The Labute approximate surface area is 95.8 Å². The highest BCUT2D eigenvalue weighted by Crippen LogP contribution is 2.16. The summed E-state index contributed by atoms with van der Waals surface area (Å²) >= 11 is 0. The Balaban J connectivity index is 2.12. The molecule has 0 amide bonds. The zero-order chi connectivity index (χ0) is 12.7. The number of esters is 1. The summed E-state index contributed by atoms with van der Waals surface area (Å²) in [5.41, 5.74) is 0. The van der Waals surface area contributed by atoms with Crippen LogP contribution in [0, 0.1) is 0 Å². The summed E-state index contributed by atoms with van der Waals surface area (Å²) in [6.07, 6.45) is -3.06. The summed E-state index contributed by atoms with van der Waals surface area (Å²) in [6, 6.07) is 5.25. The maximum Gasteiger partial charge on any atom is 0.490 e. The standard InChI is InChI=1S/C10H11F3N2O2/c11-10(12,13)9(16)17-7-3-6-15-8-4-1-2-5-14-8/h1-2,4-5H,3,6-7H2,(H,14,15). The number of ether oxygens (including phenoxy) is 1. The van der Waals surface area contributed by atoms with Gasteiger partial charge in [0.25, 0.3) is 0 Å². The zero-order valence-electron chi connectivity index (χ0n) is 8.83. The number of hydrogen-bond donors (Lipinski definition) is 1. The van der Waals surface area contributed by atoms with Crippen LogP contribution in [0.2, 0.25) is 0 Å². The quantitative estimate of drug-likeness (QED) is 0.639. The first-order valence-electron chi connectivity index (χ1n) is 4.89. The van der Waals surface area contributed by atoms with Crippen LogP contribution in [0.15, 0.2) is 24.4 Å². The van der Waals surface area contributed by atoms with Crippen LogP contribution in [-0.4, -0.2) is 30.3 Å². The molecule has 0 saturated carbocycles. The fourth-order valence-corrected chi connectivity index (χ4v) is 1.00. The summed E-state index contributed by atoms with van der Waals surface area (Å²) in [7, 11) is 0. The molecule has 1 aromatic rings. The van der Waals surface area contributed by atoms with Crippen molar-refractivity contribution in [3.8, 4) is 0 Å². The van der Waals surface area contributed by atoms with Crippen molar-refractivity contribution in [1.82, 2.24) is 4.98 Å². The fourth-order valence-electron chi connectivity index (χ4n) is 1.00. The second kappa shape index (κ2) is 6.07. The Morgan fingerprint density at radius 1 is 1.41 bits per heavy atom. The van der Waals surface area contributed by atoms with E-state index in [1.807, 2.05) is 0 Å². The molecule has 0 aromatic carbocycles. The number of hydrogen-bond acceptors (Lipinski definition) is 4. The lowest BCUT2D eigenvalue weighted by molar-refractivity contribution is -0.199. The summed E-state index contributed by atoms with van der Waals surface area (Å²) in [5.74, 6) is -1.54. The van der Waals surface area contributed by atoms with E-state index in [0.29, 0.717) is 12.4 Å². The number of nitrogens with zero attached hydrogens (tertiary/aromatic N) is 1. The molecule has 0 saturated heterocycles. The topological polar surface area (TPSA) is 51.2 Å². The first kappa shape index (κ1) is 13.3. The molecule has 0 bridgehead atoms. The van der Waals surface area contributed by atoms with Gasteiger partial charge in [-0.3, -0.25) is 0 Å². The highest BCUT2D eigenvalue weighted by atomic mass is 19.4. The Bertz CT molecular complexity index is 354. The monoisotopic (exact) mass is 248 g/mol. The van der Waals surface area contributed by atoms with Gasteiger partial charge in [-0.15, -0.1) is 0 Å². The average Bonchev–Trinajstić information content (AvgIpc) is 2.28. The van der Waals surface area contributed by atoms with Gasteiger partial charge in [-0.2, -0.15) is 13.2 Å². The second-order valence-corrected chi connectivity index (χ2v) is 3.13. The molecule has 1 rings (SSSR count). The van der Waals surface area contributed by atoms with Crippen LogP contribution in [0.1, 0.15) is 6.42 Å². The summed E-state index contributed by atoms with van der Waals surface area (Å²) in [6.45, 7) is 0.0975. The lowest BCUT2D eigenvalue weighted by atomic mass is 10.4. The first-order valence-corrected chi connectivity index (χ1v) is 4.89. The van der Waals surface area contributed by atoms with Crippen molar-refractivity contribution in [1.29, 1.82) is 0 Å². The minimum Gasteiger partial charge on any atom is -0.459 e. The third-order valence-electron chi connectivity index (χ3n) is 1.76. The number of carbonyl (C=O) groups is 1. The summed E-state index contributed by atoms with van der Waals surface area (Å²) in [4.78, 5) is 14.3. The summed E-state index contributed by atoms with van der Waals surface area (Å²) in [5, 5.41) is 2.87. The minimum absolute atomic E-state index is 0.276. The molecule has 0 aliphatic rings. The normalized spacial score (nSPS) is 11.0. The molecule has 17 heavy (non-hydrogen) atoms. The molecule has 0 aliphatic carbocycles. The Kier molecular flexibility index (Phi) is 4.74. The number of halogens is 3. The molecule has 0 aliphatic heterocycles. The molecular formula is C10H11F3N2O2. The van der Waals surface area contributed by atoms with Gasteiger partial charge in [-0.1, -0.05) is 6.07 Å². The predicted octanol–water partition coefficient (Wildman–Crippen LogP) is 1.99. The summed E-state index contributed by atoms with van der Waals surface area (Å²) < 4.78 is 39.2. The van der Waals surface area contributed by atoms with Crippen molar-refractivity contribution in [3.05, 3.63) is 24.4 Å². The van der Waals surface area contributed by atoms with Crippen molar-refractivity contribution in [2.45, 2.75) is 12.6 Å². The minimum atomic E-state index is -4.92. The second-order valence-electron chi connectivity index (χ2n) is 3.13. The molecule has 0 unspecified atom stereocenters. The molecule has 1 N–H and O–H groups in total. The van der Waals surface area contributed by atoms with Gasteiger partial charge < -0.3 is 10.1 Å². The van der Waals surface area contributed by atoms with Crippen LogP contribution in [-0.2, 0) is 9.53 Å². The Morgan fingerprint density at radius 3 is 2.76 bits per heavy atom. The van der Waals surface area contributed by atoms with E-state index in [1.54, 1.807) is 24.4 Å². The molecule has 7 heteroatoms. The van der Waals surface area contributed by atoms with Gasteiger partial charge in [0.05, 0.1) is 6.61 Å². The van der Waals surface area contributed by atoms with Gasteiger partial charge in [0.15, 0.2) is 0 Å². The zero-order valence-corrected chi connectivity index (χ0v) is 8.83. The van der Waals surface area contributed by atoms with E-state index in [0.717, 1.165) is 0 Å². The van der Waals surface area contributed by atoms with Gasteiger partial charge in [-0.25, -0.2) is 9.78 Å². The molecular weight excluding hydrogens is 237 g/mol. The SMILES string of the molecule is O=C(OCCCNc1ccccn1)C(F)(F)F. The van der Waals surface area contributed by atoms with Gasteiger partial charge >= 0.3 is 12.1 Å². The third-order valence-corrected chi connectivity index (χ3v) is 1.76. The largest absolute Gasteiger partial charge is 0.490 e. The average molecular weight is 248 g/mol. The number of aromatic nitrogens is 1. The molecule has 94 valence electrons. The van der Waals surface area contributed by atoms with Crippen LogP contribution in [0.3, 0.4) is 0 Å². The maximum absolute atomic E-state index is 11.7. The van der Waals surface area contributed by atoms with E-state index in [9.17, 15) is 18.0 Å². The number of anilines is 1. The molecule has 1 aromatic heterocycles. The van der Waals surface area contributed by atoms with Crippen LogP contribution < -0.4 is 5.32 Å². The van der Waals surface area contributed by atoms with Crippen LogP contribution in [0.25, 0.3) is 0 Å². The number of carbonyl (C=O) groups excluding carboxylic acids is 1. The van der Waals surface area contributed by atoms with Crippen molar-refractivity contribution in [3.63, 3.8) is 0 Å². The molecule has 1 heterocycles. The maximum atomic E-state index is 11.7. The molecule has 0 spiro atoms. The van der Waals surface area contributed by atoms with E-state index in [2.05, 4.69) is 15.0 Å². The van der Waals surface area contributed by atoms with Crippen molar-refractivity contribution in [2.75, 3.05) is 18.5 Å². The lowest BCUT2D eigenvalue weighted by Crippen LogP contribution is -2.26. The Hall–Kier alpha value is -1.79. The van der Waals surface area contributed by atoms with Gasteiger partial charge in [0.2, 0.25) is 0 Å². The first-order chi connectivity index (χ1) is 8.00. The molecule has 0 atom stereocenters. The number of rotatable bonds is 5. The smallest absolute Gasteiger partial charge is 0.459 e.